The molecule has 0 unspecified atom stereocenters. The van der Waals surface area contributed by atoms with Gasteiger partial charge in [-0.05, 0) is 44.0 Å². The van der Waals surface area contributed by atoms with Gasteiger partial charge in [0.05, 0.1) is 18.6 Å². The Hall–Kier alpha value is -4.13. The molecule has 0 saturated carbocycles. The van der Waals surface area contributed by atoms with Gasteiger partial charge >= 0.3 is 5.97 Å². The van der Waals surface area contributed by atoms with Crippen LogP contribution in [0.1, 0.15) is 39.5 Å². The molecule has 0 N–H and O–H groups in total. The second-order valence-corrected chi connectivity index (χ2v) is 8.24. The van der Waals surface area contributed by atoms with Crippen molar-refractivity contribution in [2.75, 3.05) is 20.7 Å². The number of rotatable bonds is 9. The van der Waals surface area contributed by atoms with Gasteiger partial charge in [0, 0.05) is 25.2 Å². The first-order valence-electron chi connectivity index (χ1n) is 11.4. The molecule has 1 heterocycles. The van der Waals surface area contributed by atoms with Crippen LogP contribution in [0, 0.1) is 13.8 Å². The minimum atomic E-state index is -0.568. The van der Waals surface area contributed by atoms with E-state index in [0.29, 0.717) is 18.0 Å². The molecule has 35 heavy (non-hydrogen) atoms. The first-order valence-corrected chi connectivity index (χ1v) is 11.4. The van der Waals surface area contributed by atoms with Crippen molar-refractivity contribution in [3.63, 3.8) is 0 Å². The van der Waals surface area contributed by atoms with Crippen molar-refractivity contribution in [1.82, 2.24) is 9.47 Å². The lowest BCUT2D eigenvalue weighted by molar-refractivity contribution is 0.0526. The molecule has 0 atom stereocenters. The number of esters is 1. The molecule has 182 valence electrons. The average Bonchev–Trinajstić information content (AvgIpc) is 2.84. The van der Waals surface area contributed by atoms with Gasteiger partial charge in [0.2, 0.25) is 0 Å². The van der Waals surface area contributed by atoms with Crippen LogP contribution >= 0.6 is 0 Å². The highest BCUT2D eigenvalue weighted by Crippen LogP contribution is 2.32. The molecule has 0 aliphatic heterocycles. The molecule has 0 spiro atoms. The van der Waals surface area contributed by atoms with Crippen molar-refractivity contribution < 1.29 is 14.3 Å². The number of hydrogen-bond acceptors (Lipinski definition) is 5. The average molecular weight is 474 g/mol. The molecular weight excluding hydrogens is 442 g/mol. The van der Waals surface area contributed by atoms with Gasteiger partial charge in [0.1, 0.15) is 17.9 Å². The Bertz CT molecular complexity index is 1310. The number of aromatic nitrogens is 1. The summed E-state index contributed by atoms with van der Waals surface area (Å²) in [6.45, 7) is 9.86. The van der Waals surface area contributed by atoms with Crippen molar-refractivity contribution in [2.45, 2.75) is 27.4 Å². The number of carbonyl (C=O) groups is 1. The summed E-state index contributed by atoms with van der Waals surface area (Å²) in [5.41, 5.74) is 3.31. The topological polar surface area (TPSA) is 73.1 Å². The molecule has 0 aliphatic carbocycles. The van der Waals surface area contributed by atoms with Crippen molar-refractivity contribution in [1.29, 1.82) is 0 Å². The van der Waals surface area contributed by atoms with E-state index in [1.807, 2.05) is 70.4 Å². The summed E-state index contributed by atoms with van der Waals surface area (Å²) in [7, 11) is 3.62. The van der Waals surface area contributed by atoms with Gasteiger partial charge < -0.3 is 14.4 Å². The summed E-state index contributed by atoms with van der Waals surface area (Å²) in [4.78, 5) is 32.7. The van der Waals surface area contributed by atoms with Crippen LogP contribution in [-0.4, -0.2) is 42.5 Å². The number of ether oxygens (including phenoxy) is 2. The van der Waals surface area contributed by atoms with Gasteiger partial charge in [-0.25, -0.2) is 9.79 Å². The molecule has 0 saturated heterocycles. The third-order valence-corrected chi connectivity index (χ3v) is 5.37. The van der Waals surface area contributed by atoms with E-state index in [-0.39, 0.29) is 29.1 Å². The van der Waals surface area contributed by atoms with Crippen molar-refractivity contribution >= 4 is 24.2 Å². The zero-order valence-corrected chi connectivity index (χ0v) is 20.9. The first-order chi connectivity index (χ1) is 16.8. The van der Waals surface area contributed by atoms with Gasteiger partial charge in [-0.15, -0.1) is 0 Å². The predicted octanol–water partition coefficient (Wildman–Crippen LogP) is 5.07. The molecule has 0 fully saturated rings. The van der Waals surface area contributed by atoms with E-state index in [0.717, 1.165) is 16.7 Å². The van der Waals surface area contributed by atoms with Crippen LogP contribution in [0.25, 0.3) is 11.8 Å². The van der Waals surface area contributed by atoms with Gasteiger partial charge in [-0.2, -0.15) is 0 Å². The summed E-state index contributed by atoms with van der Waals surface area (Å²) in [5, 5.41) is 0. The summed E-state index contributed by atoms with van der Waals surface area (Å²) < 4.78 is 12.8. The number of benzene rings is 2. The largest absolute Gasteiger partial charge is 0.489 e. The molecule has 3 rings (SSSR count). The summed E-state index contributed by atoms with van der Waals surface area (Å²) in [5.74, 6) is 0.242. The molecule has 3 aromatic rings. The lowest BCUT2D eigenvalue weighted by Crippen LogP contribution is -2.25. The second-order valence-electron chi connectivity index (χ2n) is 8.24. The first kappa shape index (κ1) is 25.5. The van der Waals surface area contributed by atoms with Gasteiger partial charge in [-0.1, -0.05) is 49.1 Å². The summed E-state index contributed by atoms with van der Waals surface area (Å²) in [6, 6.07) is 15.1. The van der Waals surface area contributed by atoms with E-state index in [9.17, 15) is 9.59 Å². The molecule has 1 aromatic heterocycles. The Labute approximate surface area is 206 Å². The fourth-order valence-corrected chi connectivity index (χ4v) is 3.69. The highest BCUT2D eigenvalue weighted by atomic mass is 16.5. The predicted molar refractivity (Wildman–Crippen MR) is 140 cm³/mol. The maximum absolute atomic E-state index is 13.6. The molecule has 0 amide bonds. The maximum Gasteiger partial charge on any atom is 0.341 e. The molecule has 2 aromatic carbocycles. The lowest BCUT2D eigenvalue weighted by atomic mass is 10.1. The lowest BCUT2D eigenvalue weighted by Gasteiger charge is -2.21. The summed E-state index contributed by atoms with van der Waals surface area (Å²) >= 11 is 0. The Morgan fingerprint density at radius 2 is 1.86 bits per heavy atom. The quantitative estimate of drug-likeness (QED) is 0.246. The van der Waals surface area contributed by atoms with Crippen LogP contribution < -0.4 is 10.3 Å². The Morgan fingerprint density at radius 3 is 2.49 bits per heavy atom. The van der Waals surface area contributed by atoms with Crippen LogP contribution in [0.5, 0.6) is 5.75 Å². The van der Waals surface area contributed by atoms with Gasteiger partial charge in [0.25, 0.3) is 5.56 Å². The van der Waals surface area contributed by atoms with Gasteiger partial charge in [-0.3, -0.25) is 9.36 Å². The minimum Gasteiger partial charge on any atom is -0.489 e. The number of carbonyl (C=O) groups excluding carboxylic acids is 1. The highest BCUT2D eigenvalue weighted by Gasteiger charge is 2.23. The van der Waals surface area contributed by atoms with E-state index >= 15 is 0 Å². The van der Waals surface area contributed by atoms with E-state index in [2.05, 4.69) is 11.6 Å². The molecular formula is C28H31N3O4. The smallest absolute Gasteiger partial charge is 0.341 e. The normalized spacial score (nSPS) is 10.9. The van der Waals surface area contributed by atoms with E-state index in [4.69, 9.17) is 9.47 Å². The fraction of sp³-hybridized carbons (Fsp3) is 0.250. The third-order valence-electron chi connectivity index (χ3n) is 5.37. The standard InChI is InChI=1S/C28H31N3O4/c1-7-22-16-23(28(33)34-8-2)26(29-18-30(5)6)31(27(22)32)25-19(3)14-15-24(20(25)4)35-17-21-12-10-9-11-13-21/h7,9-16,18H,1,8,17H2,2-6H3/b29-18+. The molecule has 7 nitrogen and oxygen atoms in total. The minimum absolute atomic E-state index is 0.175. The van der Waals surface area contributed by atoms with Crippen LogP contribution in [0.3, 0.4) is 0 Å². The molecule has 0 bridgehead atoms. The van der Waals surface area contributed by atoms with Gasteiger partial charge in [0.15, 0.2) is 5.82 Å². The molecule has 7 heteroatoms. The van der Waals surface area contributed by atoms with Crippen molar-refractivity contribution in [3.8, 4) is 11.4 Å². The number of aryl methyl sites for hydroxylation is 1. The van der Waals surface area contributed by atoms with E-state index < -0.39 is 5.97 Å². The zero-order valence-electron chi connectivity index (χ0n) is 20.9. The second kappa shape index (κ2) is 11.3. The Kier molecular flexibility index (Phi) is 8.25. The van der Waals surface area contributed by atoms with Crippen LogP contribution in [-0.2, 0) is 11.3 Å². The van der Waals surface area contributed by atoms with E-state index in [1.165, 1.54) is 16.7 Å². The van der Waals surface area contributed by atoms with Crippen LogP contribution in [0.2, 0.25) is 0 Å². The number of pyridine rings is 1. The van der Waals surface area contributed by atoms with Crippen molar-refractivity contribution in [2.24, 2.45) is 4.99 Å². The number of hydrogen-bond donors (Lipinski definition) is 0. The molecule has 0 aliphatic rings. The highest BCUT2D eigenvalue weighted by molar-refractivity contribution is 5.95. The third kappa shape index (κ3) is 5.69. The number of aliphatic imine (C=N–C) groups is 1. The fourth-order valence-electron chi connectivity index (χ4n) is 3.69. The van der Waals surface area contributed by atoms with Crippen LogP contribution in [0.4, 0.5) is 5.82 Å². The Morgan fingerprint density at radius 1 is 1.14 bits per heavy atom. The number of nitrogens with zero attached hydrogens (tertiary/aromatic N) is 3. The SMILES string of the molecule is C=Cc1cc(C(=O)OCC)c(/N=C/N(C)C)n(-c2c(C)ccc(OCc3ccccc3)c2C)c1=O. The molecule has 0 radical (unpaired) electrons. The monoisotopic (exact) mass is 473 g/mol. The maximum atomic E-state index is 13.6. The van der Waals surface area contributed by atoms with Crippen molar-refractivity contribution in [3.05, 3.63) is 93.3 Å². The van der Waals surface area contributed by atoms with Crippen LogP contribution in [0.15, 0.2) is 64.9 Å². The van der Waals surface area contributed by atoms with E-state index in [1.54, 1.807) is 18.2 Å². The summed E-state index contributed by atoms with van der Waals surface area (Å²) in [6.07, 6.45) is 2.98. The Balaban J connectivity index is 2.27. The zero-order chi connectivity index (χ0) is 25.5.